The molecule has 6 nitrogen and oxygen atoms in total. The topological polar surface area (TPSA) is 104 Å². The summed E-state index contributed by atoms with van der Waals surface area (Å²) in [5.74, 6) is 0. The van der Waals surface area contributed by atoms with Gasteiger partial charge in [-0.15, -0.1) is 0 Å². The number of hydrogen-bond acceptors (Lipinski definition) is 4. The van der Waals surface area contributed by atoms with E-state index in [1.807, 2.05) is 0 Å². The highest BCUT2D eigenvalue weighted by molar-refractivity contribution is 7.80. The van der Waals surface area contributed by atoms with Crippen LogP contribution < -0.4 is 9.44 Å². The smallest absolute Gasteiger partial charge is 0.0473 e. The van der Waals surface area contributed by atoms with Gasteiger partial charge in [-0.1, -0.05) is 6.07 Å². The van der Waals surface area contributed by atoms with Gasteiger partial charge in [0.1, 0.15) is 0 Å². The third-order valence-corrected chi connectivity index (χ3v) is 2.07. The molecule has 1 aromatic rings. The van der Waals surface area contributed by atoms with Crippen molar-refractivity contribution < 1.29 is 17.5 Å². The van der Waals surface area contributed by atoms with E-state index in [4.69, 9.17) is 0 Å². The van der Waals surface area contributed by atoms with Gasteiger partial charge in [-0.25, -0.2) is 0 Å². The predicted molar refractivity (Wildman–Crippen MR) is 51.5 cm³/mol. The van der Waals surface area contributed by atoms with Crippen molar-refractivity contribution in [2.75, 3.05) is 9.44 Å². The van der Waals surface area contributed by atoms with Crippen molar-refractivity contribution in [3.63, 3.8) is 0 Å². The van der Waals surface area contributed by atoms with Gasteiger partial charge in [-0.2, -0.15) is 0 Å². The first-order chi connectivity index (χ1) is 6.58. The van der Waals surface area contributed by atoms with E-state index in [-0.39, 0.29) is 11.4 Å². The molecule has 0 saturated carbocycles. The van der Waals surface area contributed by atoms with Gasteiger partial charge in [-0.05, 0) is 18.2 Å². The lowest BCUT2D eigenvalue weighted by molar-refractivity contribution is 0.541. The molecule has 1 rings (SSSR count). The second kappa shape index (κ2) is 5.05. The molecule has 0 aliphatic carbocycles. The van der Waals surface area contributed by atoms with Crippen LogP contribution in [0.5, 0.6) is 0 Å². The molecule has 78 valence electrons. The monoisotopic (exact) mass is 234 g/mol. The van der Waals surface area contributed by atoms with E-state index in [9.17, 15) is 17.5 Å². The molecule has 2 N–H and O–H groups in total. The van der Waals surface area contributed by atoms with Gasteiger partial charge in [0.25, 0.3) is 0 Å². The first kappa shape index (κ1) is 11.1. The average Bonchev–Trinajstić information content (AvgIpc) is 2.01. The van der Waals surface area contributed by atoms with Crippen LogP contribution in [0.15, 0.2) is 24.3 Å². The second-order valence-electron chi connectivity index (χ2n) is 2.25. The molecule has 0 radical (unpaired) electrons. The summed E-state index contributed by atoms with van der Waals surface area (Å²) in [6, 6.07) is 5.86. The molecule has 0 fully saturated rings. The van der Waals surface area contributed by atoms with Crippen molar-refractivity contribution in [2.24, 2.45) is 0 Å². The predicted octanol–water partition coefficient (Wildman–Crippen LogP) is 0.0986. The Morgan fingerprint density at radius 2 is 1.43 bits per heavy atom. The lowest BCUT2D eigenvalue weighted by Gasteiger charge is -2.12. The molecule has 0 aromatic heterocycles. The summed E-state index contributed by atoms with van der Waals surface area (Å²) in [6.07, 6.45) is 0. The minimum atomic E-state index is -2.42. The zero-order chi connectivity index (χ0) is 10.6. The number of rotatable bonds is 4. The van der Waals surface area contributed by atoms with E-state index in [1.165, 1.54) is 24.3 Å². The fraction of sp³-hybridized carbons (Fsp3) is 0. The fourth-order valence-corrected chi connectivity index (χ4v) is 1.48. The largest absolute Gasteiger partial charge is 0.755 e. The standard InChI is InChI=1S/C6H8N2O4S2/c9-13(10)7-5-2-1-3-6(4-5)8-14(11)12/h1-4,7-8H,(H,9,10)(H,11,12)/p-2. The SMILES string of the molecule is O=S([O-])Nc1cccc(NS(=O)[O-])c1. The Morgan fingerprint density at radius 1 is 1.00 bits per heavy atom. The lowest BCUT2D eigenvalue weighted by Crippen LogP contribution is -2.05. The summed E-state index contributed by atoms with van der Waals surface area (Å²) >= 11 is -4.84. The third-order valence-electron chi connectivity index (χ3n) is 1.26. The van der Waals surface area contributed by atoms with Crippen LogP contribution in [0, 0.1) is 0 Å². The van der Waals surface area contributed by atoms with Gasteiger partial charge < -0.3 is 18.5 Å². The fourth-order valence-electron chi connectivity index (χ4n) is 0.839. The van der Waals surface area contributed by atoms with Crippen molar-refractivity contribution in [3.8, 4) is 0 Å². The van der Waals surface area contributed by atoms with Gasteiger partial charge in [0.05, 0.1) is 0 Å². The van der Waals surface area contributed by atoms with Crippen LogP contribution in [0.25, 0.3) is 0 Å². The van der Waals surface area contributed by atoms with Gasteiger partial charge in [0.15, 0.2) is 0 Å². The number of hydrogen-bond donors (Lipinski definition) is 2. The molecular formula is C6H6N2O4S2-2. The van der Waals surface area contributed by atoms with E-state index < -0.39 is 22.5 Å². The number of anilines is 2. The Kier molecular flexibility index (Phi) is 4.01. The molecule has 0 aliphatic heterocycles. The summed E-state index contributed by atoms with van der Waals surface area (Å²) in [7, 11) is 0. The van der Waals surface area contributed by atoms with Crippen molar-refractivity contribution in [1.82, 2.24) is 0 Å². The quantitative estimate of drug-likeness (QED) is 0.721. The summed E-state index contributed by atoms with van der Waals surface area (Å²) in [5.41, 5.74) is 0.572. The Bertz CT molecular complexity index is 339. The Hall–Kier alpha value is -0.960. The third kappa shape index (κ3) is 3.83. The van der Waals surface area contributed by atoms with Crippen LogP contribution in [0.3, 0.4) is 0 Å². The highest BCUT2D eigenvalue weighted by Gasteiger charge is 1.94. The molecule has 2 atom stereocenters. The van der Waals surface area contributed by atoms with E-state index in [1.54, 1.807) is 0 Å². The van der Waals surface area contributed by atoms with E-state index >= 15 is 0 Å². The van der Waals surface area contributed by atoms with Crippen LogP contribution in [-0.2, 0) is 22.5 Å². The van der Waals surface area contributed by atoms with Crippen LogP contribution in [-0.4, -0.2) is 17.5 Å². The molecule has 0 heterocycles. The Morgan fingerprint density at radius 3 is 1.79 bits per heavy atom. The van der Waals surface area contributed by atoms with Crippen LogP contribution in [0.4, 0.5) is 11.4 Å². The molecule has 0 bridgehead atoms. The number of benzene rings is 1. The Balaban J connectivity index is 2.78. The van der Waals surface area contributed by atoms with E-state index in [0.717, 1.165) is 0 Å². The molecule has 0 saturated heterocycles. The normalized spacial score (nSPS) is 14.4. The van der Waals surface area contributed by atoms with Gasteiger partial charge in [0.2, 0.25) is 0 Å². The Labute approximate surface area is 85.6 Å². The summed E-state index contributed by atoms with van der Waals surface area (Å²) in [6.45, 7) is 0. The van der Waals surface area contributed by atoms with Crippen LogP contribution in [0.2, 0.25) is 0 Å². The van der Waals surface area contributed by atoms with E-state index in [2.05, 4.69) is 9.44 Å². The molecule has 0 spiro atoms. The van der Waals surface area contributed by atoms with Crippen molar-refractivity contribution in [2.45, 2.75) is 0 Å². The molecule has 2 unspecified atom stereocenters. The van der Waals surface area contributed by atoms with Crippen molar-refractivity contribution >= 4 is 33.9 Å². The summed E-state index contributed by atoms with van der Waals surface area (Å²) < 4.78 is 45.2. The maximum atomic E-state index is 10.2. The minimum absolute atomic E-state index is 0.286. The van der Waals surface area contributed by atoms with Gasteiger partial charge in [-0.3, -0.25) is 8.42 Å². The number of nitrogens with one attached hydrogen (secondary N) is 2. The maximum Gasteiger partial charge on any atom is 0.0473 e. The highest BCUT2D eigenvalue weighted by atomic mass is 32.2. The van der Waals surface area contributed by atoms with Crippen LogP contribution in [0.1, 0.15) is 0 Å². The summed E-state index contributed by atoms with van der Waals surface area (Å²) in [5, 5.41) is 0. The highest BCUT2D eigenvalue weighted by Crippen LogP contribution is 2.15. The van der Waals surface area contributed by atoms with Gasteiger partial charge in [0, 0.05) is 33.9 Å². The molecular weight excluding hydrogens is 228 g/mol. The zero-order valence-corrected chi connectivity index (χ0v) is 8.39. The molecule has 1 aromatic carbocycles. The second-order valence-corrected chi connectivity index (χ2v) is 3.60. The first-order valence-electron chi connectivity index (χ1n) is 3.40. The molecule has 0 aliphatic rings. The lowest BCUT2D eigenvalue weighted by atomic mass is 10.3. The van der Waals surface area contributed by atoms with Crippen molar-refractivity contribution in [3.05, 3.63) is 24.3 Å². The van der Waals surface area contributed by atoms with Crippen LogP contribution >= 0.6 is 0 Å². The zero-order valence-electron chi connectivity index (χ0n) is 6.76. The molecule has 0 amide bonds. The van der Waals surface area contributed by atoms with E-state index in [0.29, 0.717) is 0 Å². The molecule has 14 heavy (non-hydrogen) atoms. The first-order valence-corrected chi connectivity index (χ1v) is 5.55. The average molecular weight is 234 g/mol. The maximum absolute atomic E-state index is 10.2. The summed E-state index contributed by atoms with van der Waals surface area (Å²) in [4.78, 5) is 0. The van der Waals surface area contributed by atoms with Crippen molar-refractivity contribution in [1.29, 1.82) is 0 Å². The molecule has 8 heteroatoms. The van der Waals surface area contributed by atoms with Gasteiger partial charge >= 0.3 is 0 Å². The minimum Gasteiger partial charge on any atom is -0.755 e.